The molecule has 0 aliphatic rings. The van der Waals surface area contributed by atoms with Gasteiger partial charge in [-0.25, -0.2) is 0 Å². The minimum Gasteiger partial charge on any atom is -0.342 e. The van der Waals surface area contributed by atoms with Gasteiger partial charge in [-0.15, -0.1) is 10.2 Å². The Morgan fingerprint density at radius 2 is 1.79 bits per heavy atom. The van der Waals surface area contributed by atoms with Gasteiger partial charge in [0, 0.05) is 18.2 Å². The predicted molar refractivity (Wildman–Crippen MR) is 110 cm³/mol. The fraction of sp³-hybridized carbons (Fsp3) is 0.238. The Labute approximate surface area is 168 Å². The van der Waals surface area contributed by atoms with Crippen molar-refractivity contribution < 1.29 is 9.59 Å². The molecule has 28 heavy (non-hydrogen) atoms. The van der Waals surface area contributed by atoms with E-state index in [1.807, 2.05) is 61.9 Å². The highest BCUT2D eigenvalue weighted by atomic mass is 32.2. The second-order valence-electron chi connectivity index (χ2n) is 6.54. The van der Waals surface area contributed by atoms with Gasteiger partial charge in [-0.2, -0.15) is 0 Å². The summed E-state index contributed by atoms with van der Waals surface area (Å²) in [5, 5.41) is 11.9. The van der Waals surface area contributed by atoms with Crippen LogP contribution in [-0.4, -0.2) is 32.2 Å². The first-order valence-corrected chi connectivity index (χ1v) is 9.92. The molecular formula is C21H22N4O2S. The first-order valence-electron chi connectivity index (χ1n) is 8.93. The number of carbonyl (C=O) groups excluding carboxylic acids is 2. The Morgan fingerprint density at radius 3 is 2.50 bits per heavy atom. The number of benzene rings is 2. The summed E-state index contributed by atoms with van der Waals surface area (Å²) < 4.78 is 1.81. The summed E-state index contributed by atoms with van der Waals surface area (Å²) in [7, 11) is 1.83. The van der Waals surface area contributed by atoms with Crippen LogP contribution < -0.4 is 5.32 Å². The lowest BCUT2D eigenvalue weighted by molar-refractivity contribution is 0.0937. The number of nitrogens with one attached hydrogen (secondary N) is 1. The highest BCUT2D eigenvalue weighted by Gasteiger charge is 2.19. The molecule has 0 bridgehead atoms. The summed E-state index contributed by atoms with van der Waals surface area (Å²) in [6.07, 6.45) is 0. The van der Waals surface area contributed by atoms with Crippen molar-refractivity contribution in [3.05, 3.63) is 77.1 Å². The van der Waals surface area contributed by atoms with Crippen molar-refractivity contribution in [3.8, 4) is 0 Å². The van der Waals surface area contributed by atoms with Crippen molar-refractivity contribution in [2.75, 3.05) is 5.75 Å². The highest BCUT2D eigenvalue weighted by Crippen LogP contribution is 2.20. The summed E-state index contributed by atoms with van der Waals surface area (Å²) in [5.41, 5.74) is 2.31. The molecule has 0 saturated heterocycles. The number of amides is 1. The lowest BCUT2D eigenvalue weighted by atomic mass is 10.1. The largest absolute Gasteiger partial charge is 0.342 e. The molecule has 0 unspecified atom stereocenters. The molecule has 0 radical (unpaired) electrons. The summed E-state index contributed by atoms with van der Waals surface area (Å²) >= 11 is 1.33. The van der Waals surface area contributed by atoms with Gasteiger partial charge in [0.05, 0.1) is 11.8 Å². The van der Waals surface area contributed by atoms with E-state index in [0.717, 1.165) is 5.56 Å². The van der Waals surface area contributed by atoms with E-state index in [1.165, 1.54) is 11.8 Å². The van der Waals surface area contributed by atoms with Crippen LogP contribution in [-0.2, 0) is 7.05 Å². The fourth-order valence-electron chi connectivity index (χ4n) is 2.80. The lowest BCUT2D eigenvalue weighted by Gasteiger charge is -2.14. The molecule has 0 aliphatic heterocycles. The Morgan fingerprint density at radius 1 is 1.07 bits per heavy atom. The van der Waals surface area contributed by atoms with Gasteiger partial charge in [0.25, 0.3) is 5.91 Å². The molecule has 7 heteroatoms. The molecule has 1 aromatic heterocycles. The zero-order valence-corrected chi connectivity index (χ0v) is 16.9. The van der Waals surface area contributed by atoms with E-state index in [9.17, 15) is 9.59 Å². The third kappa shape index (κ3) is 4.67. The van der Waals surface area contributed by atoms with Gasteiger partial charge in [-0.1, -0.05) is 59.8 Å². The van der Waals surface area contributed by atoms with Crippen molar-refractivity contribution in [2.24, 2.45) is 7.05 Å². The quantitative estimate of drug-likeness (QED) is 0.489. The van der Waals surface area contributed by atoms with Gasteiger partial charge in [-0.05, 0) is 26.0 Å². The molecule has 2 aromatic carbocycles. The third-order valence-electron chi connectivity index (χ3n) is 4.31. The van der Waals surface area contributed by atoms with Crippen molar-refractivity contribution in [1.29, 1.82) is 0 Å². The summed E-state index contributed by atoms with van der Waals surface area (Å²) in [6.45, 7) is 3.81. The van der Waals surface area contributed by atoms with Crippen LogP contribution in [0.4, 0.5) is 0 Å². The molecule has 0 fully saturated rings. The van der Waals surface area contributed by atoms with Crippen molar-refractivity contribution in [2.45, 2.75) is 25.0 Å². The summed E-state index contributed by atoms with van der Waals surface area (Å²) in [5.74, 6) is 0.791. The molecule has 1 atom stereocenters. The Kier molecular flexibility index (Phi) is 6.26. The van der Waals surface area contributed by atoms with Gasteiger partial charge in [0.2, 0.25) is 0 Å². The van der Waals surface area contributed by atoms with E-state index >= 15 is 0 Å². The van der Waals surface area contributed by atoms with Crippen LogP contribution in [0.3, 0.4) is 0 Å². The number of hydrogen-bond acceptors (Lipinski definition) is 5. The molecule has 1 heterocycles. The number of Topliss-reactive ketones (excluding diaryl/α,β-unsaturated/α-hetero) is 1. The van der Waals surface area contributed by atoms with E-state index in [-0.39, 0.29) is 23.5 Å². The molecular weight excluding hydrogens is 372 g/mol. The Hall–Kier alpha value is -2.93. The molecule has 1 amide bonds. The number of aryl methyl sites for hydroxylation is 1. The van der Waals surface area contributed by atoms with Crippen LogP contribution >= 0.6 is 11.8 Å². The number of aromatic nitrogens is 3. The van der Waals surface area contributed by atoms with Crippen LogP contribution in [0.1, 0.15) is 45.1 Å². The van der Waals surface area contributed by atoms with E-state index in [2.05, 4.69) is 15.5 Å². The third-order valence-corrected chi connectivity index (χ3v) is 5.33. The Bertz CT molecular complexity index is 985. The van der Waals surface area contributed by atoms with Crippen LogP contribution in [0.5, 0.6) is 0 Å². The van der Waals surface area contributed by atoms with Crippen molar-refractivity contribution >= 4 is 23.5 Å². The Balaban J connectivity index is 1.63. The first-order chi connectivity index (χ1) is 13.5. The molecule has 1 N–H and O–H groups in total. The van der Waals surface area contributed by atoms with Gasteiger partial charge < -0.3 is 9.88 Å². The fourth-order valence-corrected chi connectivity index (χ4v) is 3.61. The van der Waals surface area contributed by atoms with Crippen LogP contribution in [0.25, 0.3) is 0 Å². The average Bonchev–Trinajstić information content (AvgIpc) is 3.07. The maximum Gasteiger partial charge on any atom is 0.251 e. The zero-order valence-electron chi connectivity index (χ0n) is 16.0. The molecule has 0 aliphatic carbocycles. The number of hydrogen-bond donors (Lipinski definition) is 1. The molecule has 3 rings (SSSR count). The molecule has 144 valence electrons. The second kappa shape index (κ2) is 8.84. The maximum absolute atomic E-state index is 12.5. The van der Waals surface area contributed by atoms with Crippen molar-refractivity contribution in [1.82, 2.24) is 20.1 Å². The summed E-state index contributed by atoms with van der Waals surface area (Å²) in [4.78, 5) is 24.7. The lowest BCUT2D eigenvalue weighted by Crippen LogP contribution is -2.28. The predicted octanol–water partition coefficient (Wildman–Crippen LogP) is 3.59. The molecule has 0 spiro atoms. The van der Waals surface area contributed by atoms with Gasteiger partial charge in [0.1, 0.15) is 0 Å². The molecule has 6 nitrogen and oxygen atoms in total. The number of rotatable bonds is 7. The first kappa shape index (κ1) is 19.8. The van der Waals surface area contributed by atoms with E-state index in [4.69, 9.17) is 0 Å². The van der Waals surface area contributed by atoms with Crippen molar-refractivity contribution in [3.63, 3.8) is 0 Å². The van der Waals surface area contributed by atoms with Crippen LogP contribution in [0, 0.1) is 6.92 Å². The monoisotopic (exact) mass is 394 g/mol. The molecule has 3 aromatic rings. The number of thioether (sulfide) groups is 1. The van der Waals surface area contributed by atoms with E-state index in [1.54, 1.807) is 18.2 Å². The zero-order chi connectivity index (χ0) is 20.1. The second-order valence-corrected chi connectivity index (χ2v) is 7.48. The minimum absolute atomic E-state index is 0.0379. The van der Waals surface area contributed by atoms with E-state index < -0.39 is 0 Å². The smallest absolute Gasteiger partial charge is 0.251 e. The maximum atomic E-state index is 12.5. The van der Waals surface area contributed by atoms with E-state index in [0.29, 0.717) is 22.1 Å². The standard InChI is InChI=1S/C21H22N4O2S/c1-14-8-7-11-17(12-14)20(27)22-15(2)19-23-24-21(25(19)3)28-13-18(26)16-9-5-4-6-10-16/h4-12,15H,13H2,1-3H3,(H,22,27)/t15-/m0/s1. The van der Waals surface area contributed by atoms with Crippen LogP contribution in [0.2, 0.25) is 0 Å². The van der Waals surface area contributed by atoms with Gasteiger partial charge >= 0.3 is 0 Å². The summed E-state index contributed by atoms with van der Waals surface area (Å²) in [6, 6.07) is 16.3. The van der Waals surface area contributed by atoms with Gasteiger partial charge in [0.15, 0.2) is 16.8 Å². The highest BCUT2D eigenvalue weighted by molar-refractivity contribution is 7.99. The molecule has 0 saturated carbocycles. The number of carbonyl (C=O) groups is 2. The normalized spacial score (nSPS) is 11.8. The van der Waals surface area contributed by atoms with Gasteiger partial charge in [-0.3, -0.25) is 9.59 Å². The SMILES string of the molecule is Cc1cccc(C(=O)N[C@@H](C)c2nnc(SCC(=O)c3ccccc3)n2C)c1. The van der Waals surface area contributed by atoms with Crippen LogP contribution in [0.15, 0.2) is 59.8 Å². The number of ketones is 1. The average molecular weight is 395 g/mol. The number of nitrogens with zero attached hydrogens (tertiary/aromatic N) is 3. The topological polar surface area (TPSA) is 76.9 Å². The minimum atomic E-state index is -0.315.